The Balaban J connectivity index is -0.000000112. The average Bonchev–Trinajstić information content (AvgIpc) is 2.10. The van der Waals surface area contributed by atoms with E-state index in [0.29, 0.717) is 0 Å². The fourth-order valence-electron chi connectivity index (χ4n) is 0.136. The summed E-state index contributed by atoms with van der Waals surface area (Å²) >= 11 is 0. The monoisotopic (exact) mass is 166 g/mol. The third-order valence-corrected chi connectivity index (χ3v) is 0.677. The van der Waals surface area contributed by atoms with Gasteiger partial charge in [-0.3, -0.25) is 0 Å². The third-order valence-electron chi connectivity index (χ3n) is 0.677. The van der Waals surface area contributed by atoms with Gasteiger partial charge >= 0.3 is 0 Å². The van der Waals surface area contributed by atoms with Crippen LogP contribution in [0.5, 0.6) is 0 Å². The van der Waals surface area contributed by atoms with E-state index < -0.39 is 0 Å². The van der Waals surface area contributed by atoms with Gasteiger partial charge in [0.2, 0.25) is 0 Å². The van der Waals surface area contributed by atoms with E-state index in [4.69, 9.17) is 0 Å². The Morgan fingerprint density at radius 3 is 1.50 bits per heavy atom. The number of hydrogen-bond donors (Lipinski definition) is 0. The molecule has 0 atom stereocenters. The summed E-state index contributed by atoms with van der Waals surface area (Å²) in [5, 5.41) is 0. The van der Waals surface area contributed by atoms with Gasteiger partial charge in [-0.2, -0.15) is 0 Å². The van der Waals surface area contributed by atoms with Gasteiger partial charge in [-0.1, -0.05) is 63.5 Å². The molecule has 0 fully saturated rings. The second-order valence-electron chi connectivity index (χ2n) is 1.81. The molecule has 0 spiro atoms. The summed E-state index contributed by atoms with van der Waals surface area (Å²) in [7, 11) is 0. The lowest BCUT2D eigenvalue weighted by Gasteiger charge is -1.71. The first-order valence-corrected chi connectivity index (χ1v) is 4.20. The molecule has 0 aromatic rings. The van der Waals surface area contributed by atoms with Crippen molar-refractivity contribution in [1.29, 1.82) is 0 Å². The summed E-state index contributed by atoms with van der Waals surface area (Å²) < 4.78 is 0. The Bertz CT molecular complexity index is 127. The summed E-state index contributed by atoms with van der Waals surface area (Å²) in [6, 6.07) is 0. The first kappa shape index (κ1) is 17.2. The van der Waals surface area contributed by atoms with Crippen molar-refractivity contribution in [3.8, 4) is 0 Å². The van der Waals surface area contributed by atoms with Crippen LogP contribution in [0.4, 0.5) is 0 Å². The minimum atomic E-state index is 1.02. The molecule has 0 radical (unpaired) electrons. The summed E-state index contributed by atoms with van der Waals surface area (Å²) in [6.07, 6.45) is 7.30. The maximum Gasteiger partial charge on any atom is -0.0404 e. The van der Waals surface area contributed by atoms with Crippen LogP contribution in [0.25, 0.3) is 0 Å². The van der Waals surface area contributed by atoms with E-state index in [1.165, 1.54) is 0 Å². The normalized spacial score (nSPS) is 7.00. The molecule has 0 saturated heterocycles. The van der Waals surface area contributed by atoms with Gasteiger partial charge in [0, 0.05) is 0 Å². The summed E-state index contributed by atoms with van der Waals surface area (Å²) in [5.41, 5.74) is 1.02. The van der Waals surface area contributed by atoms with Gasteiger partial charge < -0.3 is 0 Å². The van der Waals surface area contributed by atoms with Crippen LogP contribution in [0.1, 0.15) is 27.7 Å². The van der Waals surface area contributed by atoms with Crippen LogP contribution >= 0.6 is 0 Å². The van der Waals surface area contributed by atoms with Crippen molar-refractivity contribution in [3.63, 3.8) is 0 Å². The zero-order valence-electron chi connectivity index (χ0n) is 8.93. The molecule has 0 aliphatic carbocycles. The Morgan fingerprint density at radius 1 is 1.17 bits per heavy atom. The van der Waals surface area contributed by atoms with Crippen molar-refractivity contribution in [1.82, 2.24) is 0 Å². The molecule has 0 unspecified atom stereocenters. The van der Waals surface area contributed by atoms with Crippen molar-refractivity contribution >= 4 is 0 Å². The molecule has 0 heteroatoms. The molecule has 0 aliphatic heterocycles. The van der Waals surface area contributed by atoms with Crippen molar-refractivity contribution in [3.05, 3.63) is 49.6 Å². The molecule has 0 nitrogen and oxygen atoms in total. The molecule has 0 amide bonds. The van der Waals surface area contributed by atoms with E-state index >= 15 is 0 Å². The molecule has 0 rings (SSSR count). The standard InChI is InChI=1S/2C5H8.C2H6/c1-4-5(2)3;1-3-5-4-2;1-2/h4H,1-2H2,3H3;3-5H,1H2,2H3;1-2H3/b;5-4+;. The summed E-state index contributed by atoms with van der Waals surface area (Å²) in [6.45, 7) is 18.3. The van der Waals surface area contributed by atoms with Gasteiger partial charge in [0.05, 0.1) is 0 Å². The van der Waals surface area contributed by atoms with Crippen LogP contribution in [-0.2, 0) is 0 Å². The Hall–Kier alpha value is -1.04. The van der Waals surface area contributed by atoms with Gasteiger partial charge in [-0.15, -0.1) is 0 Å². The van der Waals surface area contributed by atoms with E-state index in [1.54, 1.807) is 12.2 Å². The summed E-state index contributed by atoms with van der Waals surface area (Å²) in [4.78, 5) is 0. The third kappa shape index (κ3) is 64.8. The molecule has 0 heterocycles. The largest absolute Gasteiger partial charge is 0.0991 e. The minimum Gasteiger partial charge on any atom is -0.0991 e. The molecule has 0 bridgehead atoms. The lowest BCUT2D eigenvalue weighted by molar-refractivity contribution is 1.50. The van der Waals surface area contributed by atoms with Crippen LogP contribution < -0.4 is 0 Å². The zero-order valence-corrected chi connectivity index (χ0v) is 8.93. The highest BCUT2D eigenvalue weighted by molar-refractivity contribution is 5.05. The molecular formula is C12H22. The second kappa shape index (κ2) is 22.5. The second-order valence-corrected chi connectivity index (χ2v) is 1.81. The van der Waals surface area contributed by atoms with E-state index in [1.807, 2.05) is 39.8 Å². The van der Waals surface area contributed by atoms with E-state index in [0.717, 1.165) is 5.57 Å². The Kier molecular flexibility index (Phi) is 32.2. The van der Waals surface area contributed by atoms with Gasteiger partial charge in [-0.25, -0.2) is 0 Å². The SMILES string of the molecule is C=C/C=C/C.C=CC(=C)C.CC. The fraction of sp³-hybridized carbons (Fsp3) is 0.333. The predicted octanol–water partition coefficient (Wildman–Crippen LogP) is 4.52. The van der Waals surface area contributed by atoms with Gasteiger partial charge in [0.1, 0.15) is 0 Å². The first-order chi connectivity index (χ1) is 5.68. The van der Waals surface area contributed by atoms with Crippen molar-refractivity contribution in [2.75, 3.05) is 0 Å². The predicted molar refractivity (Wildman–Crippen MR) is 61.4 cm³/mol. The Labute approximate surface area is 78.0 Å². The van der Waals surface area contributed by atoms with Crippen LogP contribution in [0, 0.1) is 0 Å². The van der Waals surface area contributed by atoms with Crippen LogP contribution in [0.2, 0.25) is 0 Å². The molecular weight excluding hydrogens is 144 g/mol. The molecule has 0 aromatic carbocycles. The highest BCUT2D eigenvalue weighted by Crippen LogP contribution is 1.81. The maximum absolute atomic E-state index is 3.56. The highest BCUT2D eigenvalue weighted by atomic mass is 13.7. The van der Waals surface area contributed by atoms with Gasteiger partial charge in [-0.05, 0) is 13.8 Å². The lowest BCUT2D eigenvalue weighted by atomic mass is 10.4. The molecule has 0 aromatic heterocycles. The first-order valence-electron chi connectivity index (χ1n) is 4.20. The minimum absolute atomic E-state index is 1.02. The fourth-order valence-corrected chi connectivity index (χ4v) is 0.136. The van der Waals surface area contributed by atoms with E-state index in [-0.39, 0.29) is 0 Å². The maximum atomic E-state index is 3.56. The quantitative estimate of drug-likeness (QED) is 0.529. The Morgan fingerprint density at radius 2 is 1.50 bits per heavy atom. The molecule has 0 saturated carbocycles. The van der Waals surface area contributed by atoms with Crippen LogP contribution in [0.15, 0.2) is 49.6 Å². The molecule has 12 heavy (non-hydrogen) atoms. The number of allylic oxidation sites excluding steroid dienone is 5. The zero-order chi connectivity index (χ0) is 10.4. The average molecular weight is 166 g/mol. The molecule has 70 valence electrons. The van der Waals surface area contributed by atoms with Crippen molar-refractivity contribution in [2.24, 2.45) is 0 Å². The number of rotatable bonds is 2. The lowest BCUT2D eigenvalue weighted by Crippen LogP contribution is -1.50. The summed E-state index contributed by atoms with van der Waals surface area (Å²) in [5.74, 6) is 0. The van der Waals surface area contributed by atoms with Crippen LogP contribution in [0.3, 0.4) is 0 Å². The van der Waals surface area contributed by atoms with Crippen molar-refractivity contribution < 1.29 is 0 Å². The smallest absolute Gasteiger partial charge is 0.0404 e. The highest BCUT2D eigenvalue weighted by Gasteiger charge is 1.59. The molecule has 0 aliphatic rings. The molecule has 0 N–H and O–H groups in total. The van der Waals surface area contributed by atoms with E-state index in [2.05, 4.69) is 19.7 Å². The van der Waals surface area contributed by atoms with Gasteiger partial charge in [0.25, 0.3) is 0 Å². The van der Waals surface area contributed by atoms with E-state index in [9.17, 15) is 0 Å². The van der Waals surface area contributed by atoms with Gasteiger partial charge in [0.15, 0.2) is 0 Å². The topological polar surface area (TPSA) is 0 Å². The van der Waals surface area contributed by atoms with Crippen molar-refractivity contribution in [2.45, 2.75) is 27.7 Å². The van der Waals surface area contributed by atoms with Crippen LogP contribution in [-0.4, -0.2) is 0 Å². The number of hydrogen-bond acceptors (Lipinski definition) is 0.